The zero-order valence-electron chi connectivity index (χ0n) is 17.6. The molecule has 1 amide bonds. The Morgan fingerprint density at radius 3 is 2.41 bits per heavy atom. The van der Waals surface area contributed by atoms with E-state index in [1.165, 1.54) is 57.1 Å². The lowest BCUT2D eigenvalue weighted by Gasteiger charge is -2.15. The highest BCUT2D eigenvalue weighted by atomic mass is 32.1. The third-order valence-corrected chi connectivity index (χ3v) is 5.29. The Morgan fingerprint density at radius 1 is 1.00 bits per heavy atom. The fourth-order valence-corrected chi connectivity index (χ4v) is 3.57. The number of nitrogens with one attached hydrogen (secondary N) is 1. The number of thiophene rings is 1. The number of benzene rings is 1. The van der Waals surface area contributed by atoms with Crippen molar-refractivity contribution in [3.8, 4) is 11.5 Å². The zero-order chi connectivity index (χ0) is 23.1. The van der Waals surface area contributed by atoms with E-state index >= 15 is 0 Å². The molecule has 3 aromatic rings. The van der Waals surface area contributed by atoms with E-state index in [9.17, 15) is 14.4 Å². The van der Waals surface area contributed by atoms with Gasteiger partial charge in [-0.3, -0.25) is 4.79 Å². The van der Waals surface area contributed by atoms with E-state index in [1.54, 1.807) is 0 Å². The predicted octanol–water partition coefficient (Wildman–Crippen LogP) is 3.68. The van der Waals surface area contributed by atoms with E-state index in [2.05, 4.69) is 10.1 Å². The smallest absolute Gasteiger partial charge is 0.341 e. The zero-order valence-corrected chi connectivity index (χ0v) is 18.4. The van der Waals surface area contributed by atoms with Gasteiger partial charge in [0.1, 0.15) is 5.56 Å². The summed E-state index contributed by atoms with van der Waals surface area (Å²) >= 11 is 1.45. The summed E-state index contributed by atoms with van der Waals surface area (Å²) in [7, 11) is 4.10. The molecule has 0 aliphatic carbocycles. The van der Waals surface area contributed by atoms with Crippen LogP contribution in [0.5, 0.6) is 11.5 Å². The molecule has 1 N–H and O–H groups in total. The van der Waals surface area contributed by atoms with Gasteiger partial charge in [-0.1, -0.05) is 6.07 Å². The summed E-state index contributed by atoms with van der Waals surface area (Å²) in [5.41, 5.74) is 0.396. The van der Waals surface area contributed by atoms with Gasteiger partial charge in [0.2, 0.25) is 5.91 Å². The summed E-state index contributed by atoms with van der Waals surface area (Å²) in [6.45, 7) is -0.312. The van der Waals surface area contributed by atoms with Gasteiger partial charge in [0.25, 0.3) is 0 Å². The van der Waals surface area contributed by atoms with Crippen LogP contribution < -0.4 is 14.8 Å². The molecule has 0 aliphatic rings. The van der Waals surface area contributed by atoms with Crippen molar-refractivity contribution in [1.29, 1.82) is 0 Å². The minimum Gasteiger partial charge on any atom is -0.493 e. The molecular formula is C22H21NO8S. The number of carbonyl (C=O) groups excluding carboxylic acids is 3. The van der Waals surface area contributed by atoms with Gasteiger partial charge in [-0.25, -0.2) is 9.59 Å². The number of hydrogen-bond acceptors (Lipinski definition) is 9. The van der Waals surface area contributed by atoms with E-state index in [0.29, 0.717) is 5.75 Å². The van der Waals surface area contributed by atoms with Gasteiger partial charge in [0, 0.05) is 17.0 Å². The van der Waals surface area contributed by atoms with Crippen LogP contribution in [0.15, 0.2) is 46.4 Å². The van der Waals surface area contributed by atoms with Crippen LogP contribution in [-0.4, -0.2) is 39.2 Å². The molecule has 0 bridgehead atoms. The van der Waals surface area contributed by atoms with Gasteiger partial charge in [0.05, 0.1) is 45.3 Å². The molecule has 2 aromatic heterocycles. The number of amides is 1. The standard InChI is InChI=1S/C22H21NO8S/c1-27-17-10-15(22(26)31-12-19-14(6-7-30-19)21(25)29-3)16(11-18(17)28-2)23-20(24)9-13-5-4-8-32-13/h4-8,10-11H,9,12H2,1-3H3,(H,23,24). The van der Waals surface area contributed by atoms with Crippen LogP contribution in [0, 0.1) is 0 Å². The Morgan fingerprint density at radius 2 is 1.75 bits per heavy atom. The quantitative estimate of drug-likeness (QED) is 0.482. The average Bonchev–Trinajstić information content (AvgIpc) is 3.48. The van der Waals surface area contributed by atoms with Crippen LogP contribution in [0.25, 0.3) is 0 Å². The summed E-state index contributed by atoms with van der Waals surface area (Å²) in [6.07, 6.45) is 1.44. The van der Waals surface area contributed by atoms with Gasteiger partial charge in [-0.15, -0.1) is 11.3 Å². The summed E-state index contributed by atoms with van der Waals surface area (Å²) < 4.78 is 25.8. The summed E-state index contributed by atoms with van der Waals surface area (Å²) in [6, 6.07) is 8.00. The molecule has 0 atom stereocenters. The molecule has 0 radical (unpaired) electrons. The first kappa shape index (κ1) is 22.9. The predicted molar refractivity (Wildman–Crippen MR) is 115 cm³/mol. The second-order valence-corrected chi connectivity index (χ2v) is 7.41. The molecule has 2 heterocycles. The maximum atomic E-state index is 12.9. The van der Waals surface area contributed by atoms with Gasteiger partial charge >= 0.3 is 11.9 Å². The number of hydrogen-bond donors (Lipinski definition) is 1. The van der Waals surface area contributed by atoms with Crippen molar-refractivity contribution in [3.63, 3.8) is 0 Å². The monoisotopic (exact) mass is 459 g/mol. The summed E-state index contributed by atoms with van der Waals surface area (Å²) in [5, 5.41) is 4.60. The lowest BCUT2D eigenvalue weighted by Crippen LogP contribution is -2.18. The molecule has 0 spiro atoms. The van der Waals surface area contributed by atoms with Crippen molar-refractivity contribution >= 4 is 34.9 Å². The second kappa shape index (κ2) is 10.5. The molecule has 10 heteroatoms. The maximum Gasteiger partial charge on any atom is 0.341 e. The third kappa shape index (κ3) is 5.27. The van der Waals surface area contributed by atoms with Crippen LogP contribution >= 0.6 is 11.3 Å². The van der Waals surface area contributed by atoms with E-state index in [1.807, 2.05) is 17.5 Å². The maximum absolute atomic E-state index is 12.9. The number of carbonyl (C=O) groups is 3. The molecule has 0 aliphatic heterocycles. The van der Waals surface area contributed by atoms with Crippen molar-refractivity contribution < 1.29 is 37.7 Å². The minimum absolute atomic E-state index is 0.0494. The number of ether oxygens (including phenoxy) is 4. The lowest BCUT2D eigenvalue weighted by atomic mass is 10.1. The van der Waals surface area contributed by atoms with Gasteiger partial charge in [-0.2, -0.15) is 0 Å². The Balaban J connectivity index is 1.83. The van der Waals surface area contributed by atoms with Crippen molar-refractivity contribution in [2.45, 2.75) is 13.0 Å². The Kier molecular flexibility index (Phi) is 7.50. The number of methoxy groups -OCH3 is 3. The first-order chi connectivity index (χ1) is 15.5. The van der Waals surface area contributed by atoms with Crippen LogP contribution in [0.1, 0.15) is 31.4 Å². The van der Waals surface area contributed by atoms with Crippen LogP contribution in [0.3, 0.4) is 0 Å². The molecule has 0 fully saturated rings. The van der Waals surface area contributed by atoms with Crippen LogP contribution in [0.4, 0.5) is 5.69 Å². The molecule has 1 aromatic carbocycles. The van der Waals surface area contributed by atoms with Crippen molar-refractivity contribution in [2.75, 3.05) is 26.6 Å². The number of anilines is 1. The topological polar surface area (TPSA) is 113 Å². The molecular weight excluding hydrogens is 438 g/mol. The third-order valence-electron chi connectivity index (χ3n) is 4.42. The number of esters is 2. The summed E-state index contributed by atoms with van der Waals surface area (Å²) in [5.74, 6) is -0.942. The molecule has 0 unspecified atom stereocenters. The van der Waals surface area contributed by atoms with E-state index in [0.717, 1.165) is 4.88 Å². The Hall–Kier alpha value is -3.79. The number of rotatable bonds is 9. The average molecular weight is 459 g/mol. The van der Waals surface area contributed by atoms with E-state index in [-0.39, 0.29) is 47.3 Å². The largest absolute Gasteiger partial charge is 0.493 e. The highest BCUT2D eigenvalue weighted by Crippen LogP contribution is 2.34. The van der Waals surface area contributed by atoms with Gasteiger partial charge in [-0.05, 0) is 17.5 Å². The Labute approximate surface area is 187 Å². The van der Waals surface area contributed by atoms with Crippen molar-refractivity contribution in [3.05, 3.63) is 63.7 Å². The van der Waals surface area contributed by atoms with Crippen molar-refractivity contribution in [2.24, 2.45) is 0 Å². The molecule has 9 nitrogen and oxygen atoms in total. The lowest BCUT2D eigenvalue weighted by molar-refractivity contribution is -0.115. The fourth-order valence-electron chi connectivity index (χ4n) is 2.87. The SMILES string of the molecule is COC(=O)c1ccoc1COC(=O)c1cc(OC)c(OC)cc1NC(=O)Cc1cccs1. The van der Waals surface area contributed by atoms with Crippen LogP contribution in [-0.2, 0) is 27.3 Å². The first-order valence-corrected chi connectivity index (χ1v) is 10.2. The van der Waals surface area contributed by atoms with Crippen molar-refractivity contribution in [1.82, 2.24) is 0 Å². The fraction of sp³-hybridized carbons (Fsp3) is 0.227. The highest BCUT2D eigenvalue weighted by Gasteiger charge is 2.22. The second-order valence-electron chi connectivity index (χ2n) is 6.38. The normalized spacial score (nSPS) is 10.3. The molecule has 0 saturated carbocycles. The highest BCUT2D eigenvalue weighted by molar-refractivity contribution is 7.10. The first-order valence-electron chi connectivity index (χ1n) is 9.36. The van der Waals surface area contributed by atoms with E-state index < -0.39 is 11.9 Å². The van der Waals surface area contributed by atoms with Gasteiger partial charge < -0.3 is 28.7 Å². The van der Waals surface area contributed by atoms with Crippen LogP contribution in [0.2, 0.25) is 0 Å². The minimum atomic E-state index is -0.760. The van der Waals surface area contributed by atoms with E-state index in [4.69, 9.17) is 18.6 Å². The molecule has 32 heavy (non-hydrogen) atoms. The summed E-state index contributed by atoms with van der Waals surface area (Å²) in [4.78, 5) is 38.0. The number of furan rings is 1. The molecule has 3 rings (SSSR count). The van der Waals surface area contributed by atoms with Gasteiger partial charge in [0.15, 0.2) is 23.9 Å². The molecule has 0 saturated heterocycles. The Bertz CT molecular complexity index is 1100. The molecule has 168 valence electrons.